The van der Waals surface area contributed by atoms with E-state index < -0.39 is 10.9 Å². The summed E-state index contributed by atoms with van der Waals surface area (Å²) in [5.74, 6) is 0.0284. The van der Waals surface area contributed by atoms with Gasteiger partial charge in [-0.1, -0.05) is 16.6 Å². The molecule has 2 heterocycles. The van der Waals surface area contributed by atoms with Crippen LogP contribution >= 0.6 is 23.1 Å². The first-order valence-electron chi connectivity index (χ1n) is 8.35. The first-order chi connectivity index (χ1) is 13.9. The maximum absolute atomic E-state index is 12.0. The summed E-state index contributed by atoms with van der Waals surface area (Å²) in [5.41, 5.74) is 3.73. The van der Waals surface area contributed by atoms with Crippen molar-refractivity contribution < 1.29 is 14.5 Å². The molecule has 29 heavy (non-hydrogen) atoms. The largest absolute Gasteiger partial charge is 0.514 e. The van der Waals surface area contributed by atoms with Crippen molar-refractivity contribution in [2.45, 2.75) is 24.7 Å². The van der Waals surface area contributed by atoms with Crippen LogP contribution in [0.15, 0.2) is 27.6 Å². The second-order valence-corrected chi connectivity index (χ2v) is 7.84. The minimum Gasteiger partial charge on any atom is -0.494 e. The number of ether oxygens (including phenoxy) is 1. The number of carbonyl (C=O) groups excluding carboxylic acids is 1. The summed E-state index contributed by atoms with van der Waals surface area (Å²) in [7, 11) is 0. The van der Waals surface area contributed by atoms with Gasteiger partial charge in [0, 0.05) is 5.21 Å². The zero-order chi connectivity index (χ0) is 20.8. The highest BCUT2D eigenvalue weighted by Crippen LogP contribution is 2.31. The van der Waals surface area contributed by atoms with Crippen LogP contribution in [0.2, 0.25) is 0 Å². The zero-order valence-electron chi connectivity index (χ0n) is 15.4. The third-order valence-electron chi connectivity index (χ3n) is 3.33. The number of nitro groups is 1. The van der Waals surface area contributed by atoms with Crippen molar-refractivity contribution in [3.8, 4) is 5.75 Å². The number of thioether (sulfide) groups is 1. The molecule has 0 aliphatic rings. The van der Waals surface area contributed by atoms with Crippen LogP contribution in [0.25, 0.3) is 10.2 Å². The van der Waals surface area contributed by atoms with Crippen LogP contribution in [0.3, 0.4) is 0 Å². The lowest BCUT2D eigenvalue weighted by molar-refractivity contribution is -0.394. The van der Waals surface area contributed by atoms with E-state index in [1.165, 1.54) is 23.1 Å². The highest BCUT2D eigenvalue weighted by Gasteiger charge is 2.15. The zero-order valence-corrected chi connectivity index (χ0v) is 17.1. The van der Waals surface area contributed by atoms with Gasteiger partial charge < -0.3 is 14.9 Å². The van der Waals surface area contributed by atoms with E-state index in [0.717, 1.165) is 25.1 Å². The number of tetrazole rings is 1. The van der Waals surface area contributed by atoms with Crippen LogP contribution in [0.5, 0.6) is 5.75 Å². The lowest BCUT2D eigenvalue weighted by Crippen LogP contribution is -2.22. The van der Waals surface area contributed by atoms with Gasteiger partial charge in [0.1, 0.15) is 12.3 Å². The van der Waals surface area contributed by atoms with Crippen LogP contribution in [-0.2, 0) is 11.3 Å². The van der Waals surface area contributed by atoms with Crippen LogP contribution in [-0.4, -0.2) is 54.1 Å². The number of rotatable bonds is 9. The summed E-state index contributed by atoms with van der Waals surface area (Å²) >= 11 is 2.79. The van der Waals surface area contributed by atoms with Gasteiger partial charge in [0.05, 0.1) is 38.5 Å². The minimum absolute atomic E-state index is 0.0638. The van der Waals surface area contributed by atoms with E-state index >= 15 is 0 Å². The van der Waals surface area contributed by atoms with E-state index in [2.05, 4.69) is 30.9 Å². The van der Waals surface area contributed by atoms with Gasteiger partial charge in [0.2, 0.25) is 0 Å². The number of nitrogens with one attached hydrogen (secondary N) is 1. The molecular formula is C15H16N8O4S2. The van der Waals surface area contributed by atoms with Crippen LogP contribution in [0, 0.1) is 10.1 Å². The molecule has 0 aliphatic carbocycles. The number of thiazole rings is 1. The molecule has 0 fully saturated rings. The molecule has 12 nitrogen and oxygen atoms in total. The van der Waals surface area contributed by atoms with Crippen molar-refractivity contribution in [3.63, 3.8) is 0 Å². The van der Waals surface area contributed by atoms with E-state index in [0.29, 0.717) is 12.3 Å². The Balaban J connectivity index is 1.50. The van der Waals surface area contributed by atoms with E-state index in [9.17, 15) is 14.9 Å². The van der Waals surface area contributed by atoms with Gasteiger partial charge in [-0.15, -0.1) is 11.3 Å². The molecule has 1 amide bonds. The third-order valence-corrected chi connectivity index (χ3v) is 5.49. The molecule has 1 N–H and O–H groups in total. The summed E-state index contributed by atoms with van der Waals surface area (Å²) in [4.78, 5) is 27.3. The van der Waals surface area contributed by atoms with Crippen molar-refractivity contribution in [1.29, 1.82) is 0 Å². The number of amides is 1. The fourth-order valence-corrected chi connectivity index (χ4v) is 4.02. The monoisotopic (exact) mass is 436 g/mol. The quantitative estimate of drug-likeness (QED) is 0.229. The van der Waals surface area contributed by atoms with Gasteiger partial charge in [0.25, 0.3) is 5.91 Å². The van der Waals surface area contributed by atoms with E-state index in [1.54, 1.807) is 6.92 Å². The predicted molar refractivity (Wildman–Crippen MR) is 107 cm³/mol. The molecule has 152 valence electrons. The normalized spacial score (nSPS) is 11.6. The maximum atomic E-state index is 12.0. The fourth-order valence-electron chi connectivity index (χ4n) is 2.13. The number of fused-ring (bicyclic) bond motifs is 1. The number of hydrogen-bond acceptors (Lipinski definition) is 11. The van der Waals surface area contributed by atoms with E-state index in [1.807, 2.05) is 25.1 Å². The summed E-state index contributed by atoms with van der Waals surface area (Å²) in [5, 5.41) is 24.9. The standard InChI is InChI=1S/C15H16N8O4S2/c1-3-27-10-4-5-11-12(6-10)29-15(16-11)28-8-13(24)18-17-9(2)7-22-20-14(19-21-22)23(25)26/h4-6H,3,7-8H2,1-2H3,(H,18,24). The van der Waals surface area contributed by atoms with Crippen molar-refractivity contribution >= 4 is 50.9 Å². The Hall–Kier alpha value is -3.13. The Morgan fingerprint density at radius 2 is 2.31 bits per heavy atom. The van der Waals surface area contributed by atoms with Crippen molar-refractivity contribution in [2.75, 3.05) is 12.4 Å². The number of carbonyl (C=O) groups is 1. The summed E-state index contributed by atoms with van der Waals surface area (Å²) in [6.07, 6.45) is 0. The number of nitrogens with zero attached hydrogens (tertiary/aromatic N) is 7. The van der Waals surface area contributed by atoms with Crippen LogP contribution in [0.4, 0.5) is 5.95 Å². The van der Waals surface area contributed by atoms with Gasteiger partial charge in [-0.2, -0.15) is 5.10 Å². The molecule has 0 bridgehead atoms. The molecule has 14 heteroatoms. The molecule has 3 rings (SSSR count). The van der Waals surface area contributed by atoms with Crippen LogP contribution in [0.1, 0.15) is 13.8 Å². The lowest BCUT2D eigenvalue weighted by Gasteiger charge is -2.00. The van der Waals surface area contributed by atoms with Crippen LogP contribution < -0.4 is 10.2 Å². The van der Waals surface area contributed by atoms with Crippen molar-refractivity contribution in [3.05, 3.63) is 28.3 Å². The molecule has 0 spiro atoms. The van der Waals surface area contributed by atoms with Gasteiger partial charge >= 0.3 is 5.95 Å². The van der Waals surface area contributed by atoms with Gasteiger partial charge in [0.15, 0.2) is 4.34 Å². The molecule has 0 saturated carbocycles. The Morgan fingerprint density at radius 3 is 3.03 bits per heavy atom. The average molecular weight is 436 g/mol. The van der Waals surface area contributed by atoms with Crippen molar-refractivity contribution in [1.82, 2.24) is 30.6 Å². The lowest BCUT2D eigenvalue weighted by atomic mass is 10.3. The number of benzene rings is 1. The second-order valence-electron chi connectivity index (χ2n) is 5.59. The first-order valence-corrected chi connectivity index (χ1v) is 10.1. The highest BCUT2D eigenvalue weighted by molar-refractivity contribution is 8.01. The highest BCUT2D eigenvalue weighted by atomic mass is 32.2. The summed E-state index contributed by atoms with van der Waals surface area (Å²) in [6.45, 7) is 4.21. The van der Waals surface area contributed by atoms with Crippen molar-refractivity contribution in [2.24, 2.45) is 5.10 Å². The fraction of sp³-hybridized carbons (Fsp3) is 0.333. The number of aromatic nitrogens is 5. The van der Waals surface area contributed by atoms with Gasteiger partial charge in [-0.25, -0.2) is 10.4 Å². The van der Waals surface area contributed by atoms with Gasteiger partial charge in [-0.3, -0.25) is 4.79 Å². The smallest absolute Gasteiger partial charge is 0.494 e. The second kappa shape index (κ2) is 9.38. The molecule has 0 unspecified atom stereocenters. The average Bonchev–Trinajstić information content (AvgIpc) is 3.31. The molecular weight excluding hydrogens is 420 g/mol. The molecule has 0 atom stereocenters. The third kappa shape index (κ3) is 5.68. The van der Waals surface area contributed by atoms with Gasteiger partial charge in [-0.05, 0) is 37.0 Å². The molecule has 1 aromatic carbocycles. The maximum Gasteiger partial charge on any atom is 0.514 e. The number of hydrogen-bond donors (Lipinski definition) is 1. The van der Waals surface area contributed by atoms with E-state index in [4.69, 9.17) is 4.74 Å². The number of hydrazone groups is 1. The molecule has 0 aliphatic heterocycles. The molecule has 3 aromatic rings. The Labute approximate surface area is 172 Å². The topological polar surface area (TPSA) is 150 Å². The Bertz CT molecular complexity index is 1060. The minimum atomic E-state index is -0.741. The molecule has 0 radical (unpaired) electrons. The molecule has 0 saturated heterocycles. The Kier molecular flexibility index (Phi) is 6.66. The molecule has 2 aromatic heterocycles. The predicted octanol–water partition coefficient (Wildman–Crippen LogP) is 1.87. The summed E-state index contributed by atoms with van der Waals surface area (Å²) < 4.78 is 7.23. The SMILES string of the molecule is CCOc1ccc2nc(SCC(=O)NN=C(C)Cn3nnc([N+](=O)[O-])n3)sc2c1. The summed E-state index contributed by atoms with van der Waals surface area (Å²) in [6, 6.07) is 5.68. The van der Waals surface area contributed by atoms with E-state index in [-0.39, 0.29) is 18.2 Å². The first kappa shape index (κ1) is 20.6. The Morgan fingerprint density at radius 1 is 1.48 bits per heavy atom.